The second-order valence-electron chi connectivity index (χ2n) is 4.87. The average Bonchev–Trinajstić information content (AvgIpc) is 2.99. The van der Waals surface area contributed by atoms with Gasteiger partial charge in [0.15, 0.2) is 0 Å². The smallest absolute Gasteiger partial charge is 0.259 e. The zero-order valence-electron chi connectivity index (χ0n) is 12.4. The van der Waals surface area contributed by atoms with Gasteiger partial charge in [-0.15, -0.1) is 0 Å². The summed E-state index contributed by atoms with van der Waals surface area (Å²) in [5.74, 6) is -0.274. The fourth-order valence-electron chi connectivity index (χ4n) is 2.37. The van der Waals surface area contributed by atoms with Crippen LogP contribution in [0.15, 0.2) is 53.1 Å². The van der Waals surface area contributed by atoms with Crippen LogP contribution in [0.1, 0.15) is 10.4 Å². The Hall–Kier alpha value is -3.28. The maximum Gasteiger partial charge on any atom is 0.259 e. The monoisotopic (exact) mass is 309 g/mol. The van der Waals surface area contributed by atoms with Crippen molar-refractivity contribution >= 4 is 40.3 Å². The Morgan fingerprint density at radius 2 is 1.96 bits per heavy atom. The topological polar surface area (TPSA) is 83.4 Å². The van der Waals surface area contributed by atoms with Crippen molar-refractivity contribution in [2.45, 2.75) is 0 Å². The minimum Gasteiger partial charge on any atom is -0.463 e. The lowest BCUT2D eigenvalue weighted by Crippen LogP contribution is -2.12. The Labute approximate surface area is 132 Å². The third-order valence-corrected chi connectivity index (χ3v) is 3.49. The third kappa shape index (κ3) is 2.87. The number of furan rings is 1. The number of hydrogen-bond donors (Lipinski definition) is 3. The molecule has 2 amide bonds. The SMILES string of the molecule is CNc1ccc(NC(=O)c2coc3ccccc23)cc1NC=O. The van der Waals surface area contributed by atoms with Crippen LogP contribution < -0.4 is 16.0 Å². The van der Waals surface area contributed by atoms with Crippen molar-refractivity contribution in [3.8, 4) is 0 Å². The van der Waals surface area contributed by atoms with Crippen molar-refractivity contribution in [3.63, 3.8) is 0 Å². The lowest BCUT2D eigenvalue weighted by molar-refractivity contribution is -0.105. The molecule has 116 valence electrons. The molecule has 3 N–H and O–H groups in total. The zero-order chi connectivity index (χ0) is 16.2. The van der Waals surface area contributed by atoms with Crippen LogP contribution in [0.4, 0.5) is 17.1 Å². The number of carbonyl (C=O) groups is 2. The Morgan fingerprint density at radius 1 is 1.13 bits per heavy atom. The van der Waals surface area contributed by atoms with E-state index in [4.69, 9.17) is 4.42 Å². The van der Waals surface area contributed by atoms with E-state index < -0.39 is 0 Å². The highest BCUT2D eigenvalue weighted by molar-refractivity contribution is 6.12. The lowest BCUT2D eigenvalue weighted by atomic mass is 10.1. The normalized spacial score (nSPS) is 10.3. The summed E-state index contributed by atoms with van der Waals surface area (Å²) in [4.78, 5) is 23.1. The largest absolute Gasteiger partial charge is 0.463 e. The molecule has 0 aliphatic carbocycles. The number of carbonyl (C=O) groups excluding carboxylic acids is 2. The van der Waals surface area contributed by atoms with Crippen LogP contribution in [0.2, 0.25) is 0 Å². The highest BCUT2D eigenvalue weighted by Crippen LogP contribution is 2.26. The fraction of sp³-hybridized carbons (Fsp3) is 0.0588. The first-order valence-corrected chi connectivity index (χ1v) is 7.02. The van der Waals surface area contributed by atoms with E-state index >= 15 is 0 Å². The maximum absolute atomic E-state index is 12.4. The van der Waals surface area contributed by atoms with Gasteiger partial charge in [-0.1, -0.05) is 18.2 Å². The fourth-order valence-corrected chi connectivity index (χ4v) is 2.37. The molecule has 1 heterocycles. The van der Waals surface area contributed by atoms with Crippen molar-refractivity contribution < 1.29 is 14.0 Å². The number of nitrogens with one attached hydrogen (secondary N) is 3. The molecule has 0 spiro atoms. The first-order chi connectivity index (χ1) is 11.2. The number of fused-ring (bicyclic) bond motifs is 1. The van der Waals surface area contributed by atoms with E-state index in [1.165, 1.54) is 6.26 Å². The lowest BCUT2D eigenvalue weighted by Gasteiger charge is -2.11. The molecule has 0 aliphatic heterocycles. The summed E-state index contributed by atoms with van der Waals surface area (Å²) in [5, 5.41) is 9.11. The van der Waals surface area contributed by atoms with Crippen molar-refractivity contribution in [3.05, 3.63) is 54.3 Å². The number of hydrogen-bond acceptors (Lipinski definition) is 4. The highest BCUT2D eigenvalue weighted by Gasteiger charge is 2.14. The van der Waals surface area contributed by atoms with Crippen LogP contribution in [-0.2, 0) is 4.79 Å². The number of benzene rings is 2. The second-order valence-corrected chi connectivity index (χ2v) is 4.87. The van der Waals surface area contributed by atoms with Crippen LogP contribution in [0, 0.1) is 0 Å². The van der Waals surface area contributed by atoms with Crippen LogP contribution in [-0.4, -0.2) is 19.4 Å². The molecular weight excluding hydrogens is 294 g/mol. The van der Waals surface area contributed by atoms with E-state index in [2.05, 4.69) is 16.0 Å². The maximum atomic E-state index is 12.4. The Balaban J connectivity index is 1.88. The van der Waals surface area contributed by atoms with Gasteiger partial charge in [0.2, 0.25) is 6.41 Å². The van der Waals surface area contributed by atoms with Gasteiger partial charge in [-0.3, -0.25) is 9.59 Å². The van der Waals surface area contributed by atoms with Crippen molar-refractivity contribution in [2.24, 2.45) is 0 Å². The minimum atomic E-state index is -0.274. The molecule has 0 unspecified atom stereocenters. The molecule has 0 aliphatic rings. The predicted molar refractivity (Wildman–Crippen MR) is 89.8 cm³/mol. The molecule has 6 nitrogen and oxygen atoms in total. The number of rotatable bonds is 5. The molecular formula is C17H15N3O3. The van der Waals surface area contributed by atoms with Gasteiger partial charge in [-0.25, -0.2) is 0 Å². The van der Waals surface area contributed by atoms with Crippen LogP contribution in [0.3, 0.4) is 0 Å². The summed E-state index contributed by atoms with van der Waals surface area (Å²) in [7, 11) is 1.75. The first kappa shape index (κ1) is 14.6. The highest BCUT2D eigenvalue weighted by atomic mass is 16.3. The molecule has 0 bridgehead atoms. The quantitative estimate of drug-likeness (QED) is 0.631. The van der Waals surface area contributed by atoms with Gasteiger partial charge in [-0.05, 0) is 24.3 Å². The van der Waals surface area contributed by atoms with Gasteiger partial charge in [0.25, 0.3) is 5.91 Å². The van der Waals surface area contributed by atoms with E-state index in [0.29, 0.717) is 28.9 Å². The van der Waals surface area contributed by atoms with Crippen LogP contribution >= 0.6 is 0 Å². The molecule has 1 aromatic heterocycles. The molecule has 0 fully saturated rings. The molecule has 6 heteroatoms. The molecule has 3 aromatic rings. The van der Waals surface area contributed by atoms with Gasteiger partial charge in [-0.2, -0.15) is 0 Å². The standard InChI is InChI=1S/C17H15N3O3/c1-18-14-7-6-11(8-15(14)19-10-21)20-17(22)13-9-23-16-5-3-2-4-12(13)16/h2-10,18H,1H3,(H,19,21)(H,20,22). The van der Waals surface area contributed by atoms with Crippen LogP contribution in [0.25, 0.3) is 11.0 Å². The van der Waals surface area contributed by atoms with E-state index in [-0.39, 0.29) is 5.91 Å². The van der Waals surface area contributed by atoms with Crippen LogP contribution in [0.5, 0.6) is 0 Å². The molecule has 23 heavy (non-hydrogen) atoms. The Morgan fingerprint density at radius 3 is 2.74 bits per heavy atom. The van der Waals surface area contributed by atoms with Crippen molar-refractivity contribution in [2.75, 3.05) is 23.0 Å². The van der Waals surface area contributed by atoms with Gasteiger partial charge < -0.3 is 20.4 Å². The predicted octanol–water partition coefficient (Wildman–Crippen LogP) is 3.30. The second kappa shape index (κ2) is 6.23. The minimum absolute atomic E-state index is 0.274. The van der Waals surface area contributed by atoms with E-state index in [1.54, 1.807) is 31.3 Å². The number of para-hydroxylation sites is 1. The summed E-state index contributed by atoms with van der Waals surface area (Å²) in [6, 6.07) is 12.5. The molecule has 0 radical (unpaired) electrons. The Kier molecular flexibility index (Phi) is 3.97. The summed E-state index contributed by atoms with van der Waals surface area (Å²) < 4.78 is 5.38. The number of amides is 2. The summed E-state index contributed by atoms with van der Waals surface area (Å²) >= 11 is 0. The van der Waals surface area contributed by atoms with E-state index in [9.17, 15) is 9.59 Å². The molecule has 0 saturated heterocycles. The van der Waals surface area contributed by atoms with Crippen molar-refractivity contribution in [1.82, 2.24) is 0 Å². The summed E-state index contributed by atoms with van der Waals surface area (Å²) in [5.41, 5.74) is 3.03. The Bertz CT molecular complexity index is 870. The summed E-state index contributed by atoms with van der Waals surface area (Å²) in [6.45, 7) is 0. The van der Waals surface area contributed by atoms with Gasteiger partial charge in [0.05, 0.1) is 16.9 Å². The number of anilines is 3. The van der Waals surface area contributed by atoms with E-state index in [1.807, 2.05) is 18.2 Å². The third-order valence-electron chi connectivity index (χ3n) is 3.49. The molecule has 2 aromatic carbocycles. The molecule has 0 saturated carbocycles. The summed E-state index contributed by atoms with van der Waals surface area (Å²) in [6.07, 6.45) is 2.03. The zero-order valence-corrected chi connectivity index (χ0v) is 12.4. The molecule has 3 rings (SSSR count). The van der Waals surface area contributed by atoms with Gasteiger partial charge in [0.1, 0.15) is 11.8 Å². The average molecular weight is 309 g/mol. The van der Waals surface area contributed by atoms with Gasteiger partial charge >= 0.3 is 0 Å². The van der Waals surface area contributed by atoms with E-state index in [0.717, 1.165) is 11.1 Å². The first-order valence-electron chi connectivity index (χ1n) is 7.02. The van der Waals surface area contributed by atoms with Gasteiger partial charge in [0, 0.05) is 18.1 Å². The van der Waals surface area contributed by atoms with Crippen molar-refractivity contribution in [1.29, 1.82) is 0 Å². The molecule has 0 atom stereocenters.